The van der Waals surface area contributed by atoms with Crippen molar-refractivity contribution in [3.63, 3.8) is 0 Å². The Bertz CT molecular complexity index is 1620. The molecule has 0 N–H and O–H groups in total. The van der Waals surface area contributed by atoms with Crippen molar-refractivity contribution in [1.29, 1.82) is 0 Å². The van der Waals surface area contributed by atoms with Crippen LogP contribution < -0.4 is 9.80 Å². The van der Waals surface area contributed by atoms with E-state index in [0.717, 1.165) is 16.4 Å². The lowest BCUT2D eigenvalue weighted by Gasteiger charge is -2.33. The number of tetrazole rings is 1. The zero-order valence-corrected chi connectivity index (χ0v) is 25.1. The van der Waals surface area contributed by atoms with Crippen LogP contribution in [0.25, 0.3) is 0 Å². The first kappa shape index (κ1) is 34.8. The van der Waals surface area contributed by atoms with Gasteiger partial charge in [-0.05, 0) is 83.6 Å². The van der Waals surface area contributed by atoms with Crippen LogP contribution >= 0.6 is 12.4 Å². The minimum absolute atomic E-state index is 0. The molecule has 3 heterocycles. The van der Waals surface area contributed by atoms with E-state index in [4.69, 9.17) is 0 Å². The second kappa shape index (κ2) is 13.0. The van der Waals surface area contributed by atoms with E-state index in [1.165, 1.54) is 24.9 Å². The van der Waals surface area contributed by atoms with Gasteiger partial charge in [0.15, 0.2) is 0 Å². The number of anilines is 2. The molecule has 5 rings (SSSR count). The molecule has 0 saturated carbocycles. The molecule has 17 heteroatoms. The van der Waals surface area contributed by atoms with Gasteiger partial charge >= 0.3 is 18.5 Å². The highest BCUT2D eigenvalue weighted by Crippen LogP contribution is 2.44. The van der Waals surface area contributed by atoms with E-state index in [9.17, 15) is 39.5 Å². The van der Waals surface area contributed by atoms with Crippen LogP contribution in [-0.4, -0.2) is 31.7 Å². The van der Waals surface area contributed by atoms with Crippen molar-refractivity contribution in [2.24, 2.45) is 7.05 Å². The highest BCUT2D eigenvalue weighted by molar-refractivity contribution is 5.85. The second-order valence-corrected chi connectivity index (χ2v) is 10.8. The molecule has 1 aliphatic rings. The van der Waals surface area contributed by atoms with Crippen LogP contribution in [0.5, 0.6) is 0 Å². The largest absolute Gasteiger partial charge is 0.416 e. The van der Waals surface area contributed by atoms with Crippen molar-refractivity contribution in [3.05, 3.63) is 93.8 Å². The zero-order chi connectivity index (χ0) is 32.7. The van der Waals surface area contributed by atoms with Crippen molar-refractivity contribution in [3.8, 4) is 0 Å². The first-order chi connectivity index (χ1) is 21.0. The second-order valence-electron chi connectivity index (χ2n) is 10.8. The van der Waals surface area contributed by atoms with Crippen LogP contribution in [0, 0.1) is 6.92 Å². The van der Waals surface area contributed by atoms with Crippen molar-refractivity contribution < 1.29 is 39.5 Å². The topological polar surface area (TPSA) is 63.0 Å². The number of hydrogen-bond acceptors (Lipinski definition) is 6. The zero-order valence-electron chi connectivity index (χ0n) is 24.2. The monoisotopic (exact) mass is 679 g/mol. The summed E-state index contributed by atoms with van der Waals surface area (Å²) in [5, 5.41) is 11.9. The Morgan fingerprint density at radius 3 is 2.02 bits per heavy atom. The molecule has 0 fully saturated rings. The molecule has 2 aromatic carbocycles. The maximum Gasteiger partial charge on any atom is 0.416 e. The summed E-state index contributed by atoms with van der Waals surface area (Å²) in [5.41, 5.74) is -2.89. The summed E-state index contributed by atoms with van der Waals surface area (Å²) in [5.74, 6) is -0.112. The minimum Gasteiger partial charge on any atom is -0.367 e. The summed E-state index contributed by atoms with van der Waals surface area (Å²) in [4.78, 5) is 8.21. The quantitative estimate of drug-likeness (QED) is 0.193. The summed E-state index contributed by atoms with van der Waals surface area (Å²) in [6.45, 7) is 1.32. The van der Waals surface area contributed by atoms with E-state index in [-0.39, 0.29) is 54.2 Å². The third-order valence-corrected chi connectivity index (χ3v) is 7.54. The van der Waals surface area contributed by atoms with Crippen molar-refractivity contribution in [1.82, 2.24) is 25.2 Å². The molecule has 46 heavy (non-hydrogen) atoms. The molecule has 0 saturated heterocycles. The molecule has 248 valence electrons. The molecule has 0 amide bonds. The van der Waals surface area contributed by atoms with Gasteiger partial charge in [0.1, 0.15) is 0 Å². The Morgan fingerprint density at radius 1 is 0.848 bits per heavy atom. The van der Waals surface area contributed by atoms with Crippen LogP contribution in [-0.2, 0) is 38.7 Å². The number of alkyl halides is 9. The number of hydrogen-bond donors (Lipinski definition) is 0. The number of halogens is 10. The van der Waals surface area contributed by atoms with E-state index in [1.807, 2.05) is 0 Å². The van der Waals surface area contributed by atoms with Gasteiger partial charge in [0.05, 0.1) is 29.8 Å². The van der Waals surface area contributed by atoms with E-state index < -0.39 is 47.8 Å². The molecule has 1 aliphatic heterocycles. The van der Waals surface area contributed by atoms with Crippen LogP contribution in [0.3, 0.4) is 0 Å². The van der Waals surface area contributed by atoms with Gasteiger partial charge < -0.3 is 9.80 Å². The molecule has 1 unspecified atom stereocenters. The molecule has 1 atom stereocenters. The predicted molar refractivity (Wildman–Crippen MR) is 152 cm³/mol. The maximum absolute atomic E-state index is 14.1. The van der Waals surface area contributed by atoms with E-state index in [2.05, 4.69) is 20.4 Å². The number of rotatable bonds is 6. The lowest BCUT2D eigenvalue weighted by Crippen LogP contribution is -2.30. The Hall–Kier alpha value is -4.08. The van der Waals surface area contributed by atoms with Crippen molar-refractivity contribution in [2.45, 2.75) is 57.4 Å². The number of benzene rings is 2. The van der Waals surface area contributed by atoms with E-state index >= 15 is 0 Å². The molecule has 2 aromatic heterocycles. The van der Waals surface area contributed by atoms with Gasteiger partial charge in [0.25, 0.3) is 5.95 Å². The van der Waals surface area contributed by atoms with E-state index in [1.54, 1.807) is 29.4 Å². The van der Waals surface area contributed by atoms with Gasteiger partial charge in [0, 0.05) is 37.7 Å². The first-order valence-electron chi connectivity index (χ1n) is 13.7. The lowest BCUT2D eigenvalue weighted by molar-refractivity contribution is -0.143. The standard InChI is InChI=1S/C29H26F9N7.ClH/c1-17-10-22-24(4-3-9-44(15-18-5-7-39-8-6-18)25(22)14-23(17)29(36,37)38)45(26-40-42-43(2)41-26)16-19-11-20(27(30,31)32)13-21(12-19)28(33,34)35;/h5-8,10-14,24H,3-4,9,15-16H2,1-2H3;1H. The number of aryl methyl sites for hydroxylation is 2. The molecular weight excluding hydrogens is 653 g/mol. The number of aromatic nitrogens is 5. The fourth-order valence-corrected chi connectivity index (χ4v) is 5.53. The Kier molecular flexibility index (Phi) is 9.80. The lowest BCUT2D eigenvalue weighted by atomic mass is 9.94. The first-order valence-corrected chi connectivity index (χ1v) is 13.7. The van der Waals surface area contributed by atoms with Gasteiger partial charge in [-0.1, -0.05) is 11.2 Å². The van der Waals surface area contributed by atoms with Crippen LogP contribution in [0.1, 0.15) is 57.8 Å². The summed E-state index contributed by atoms with van der Waals surface area (Å²) in [6.07, 6.45) is -11.0. The maximum atomic E-state index is 14.1. The summed E-state index contributed by atoms with van der Waals surface area (Å²) in [7, 11) is 1.43. The van der Waals surface area contributed by atoms with Crippen molar-refractivity contribution in [2.75, 3.05) is 16.3 Å². The van der Waals surface area contributed by atoms with Crippen LogP contribution in [0.2, 0.25) is 0 Å². The Labute approximate surface area is 263 Å². The van der Waals surface area contributed by atoms with Crippen LogP contribution in [0.15, 0.2) is 54.9 Å². The fraction of sp³-hybridized carbons (Fsp3) is 0.379. The third kappa shape index (κ3) is 7.65. The normalized spacial score (nSPS) is 15.6. The summed E-state index contributed by atoms with van der Waals surface area (Å²) in [6, 6.07) is 6.28. The third-order valence-electron chi connectivity index (χ3n) is 7.54. The van der Waals surface area contributed by atoms with Crippen LogP contribution in [0.4, 0.5) is 51.1 Å². The summed E-state index contributed by atoms with van der Waals surface area (Å²) < 4.78 is 124. The molecule has 4 aromatic rings. The number of nitrogens with zero attached hydrogens (tertiary/aromatic N) is 7. The average Bonchev–Trinajstić information content (AvgIpc) is 3.30. The SMILES string of the molecule is Cc1cc2c(cc1C(F)(F)F)N(Cc1ccncc1)CCCC2N(Cc1cc(C(F)(F)F)cc(C(F)(F)F)c1)c1nnn(C)n1.Cl. The smallest absolute Gasteiger partial charge is 0.367 e. The summed E-state index contributed by atoms with van der Waals surface area (Å²) >= 11 is 0. The molecule has 7 nitrogen and oxygen atoms in total. The highest BCUT2D eigenvalue weighted by atomic mass is 35.5. The van der Waals surface area contributed by atoms with Gasteiger partial charge in [-0.2, -0.15) is 44.3 Å². The van der Waals surface area contributed by atoms with E-state index in [0.29, 0.717) is 30.7 Å². The fourth-order valence-electron chi connectivity index (χ4n) is 5.53. The Balaban J connectivity index is 0.00000480. The van der Waals surface area contributed by atoms with Crippen molar-refractivity contribution >= 4 is 24.0 Å². The number of pyridine rings is 1. The van der Waals surface area contributed by atoms with Gasteiger partial charge in [-0.3, -0.25) is 4.98 Å². The highest BCUT2D eigenvalue weighted by Gasteiger charge is 2.39. The Morgan fingerprint density at radius 2 is 1.48 bits per heavy atom. The minimum atomic E-state index is -5.07. The van der Waals surface area contributed by atoms with Gasteiger partial charge in [-0.15, -0.1) is 17.5 Å². The van der Waals surface area contributed by atoms with Gasteiger partial charge in [0.2, 0.25) is 0 Å². The molecule has 0 aliphatic carbocycles. The molecule has 0 bridgehead atoms. The number of fused-ring (bicyclic) bond motifs is 1. The van der Waals surface area contributed by atoms with Gasteiger partial charge in [-0.25, -0.2) is 0 Å². The molecule has 0 radical (unpaired) electrons. The predicted octanol–water partition coefficient (Wildman–Crippen LogP) is 7.94. The average molecular weight is 680 g/mol. The molecule has 0 spiro atoms. The molecular formula is C29H27ClF9N7.